The summed E-state index contributed by atoms with van der Waals surface area (Å²) in [5.74, 6) is -0.421. The molecule has 2 N–H and O–H groups in total. The van der Waals surface area contributed by atoms with Crippen molar-refractivity contribution in [3.05, 3.63) is 65.5 Å². The van der Waals surface area contributed by atoms with Crippen molar-refractivity contribution in [2.75, 3.05) is 6.61 Å². The largest absolute Gasteiger partial charge is 0.465 e. The molecule has 11 heteroatoms. The molecule has 2 amide bonds. The van der Waals surface area contributed by atoms with Gasteiger partial charge in [0, 0.05) is 12.5 Å². The fourth-order valence-electron chi connectivity index (χ4n) is 4.39. The van der Waals surface area contributed by atoms with E-state index >= 15 is 0 Å². The Kier molecular flexibility index (Phi) is 10.8. The van der Waals surface area contributed by atoms with Crippen LogP contribution >= 0.6 is 12.6 Å². The van der Waals surface area contributed by atoms with Crippen molar-refractivity contribution < 1.29 is 22.7 Å². The molecular weight excluding hydrogens is 548 g/mol. The number of thiol groups is 1. The molecular formula is C29H38N4O5S2. The molecule has 1 aromatic heterocycles. The van der Waals surface area contributed by atoms with Crippen LogP contribution in [0.1, 0.15) is 58.0 Å². The van der Waals surface area contributed by atoms with Crippen LogP contribution in [-0.2, 0) is 39.1 Å². The van der Waals surface area contributed by atoms with Crippen molar-refractivity contribution in [1.29, 1.82) is 0 Å². The molecule has 0 aliphatic carbocycles. The lowest BCUT2D eigenvalue weighted by atomic mass is 10.0. The van der Waals surface area contributed by atoms with Crippen LogP contribution in [0.25, 0.3) is 11.1 Å². The Balaban J connectivity index is 1.90. The van der Waals surface area contributed by atoms with Gasteiger partial charge in [-0.15, -0.1) is 0 Å². The number of nitrogens with one attached hydrogen (secondary N) is 2. The van der Waals surface area contributed by atoms with Gasteiger partial charge < -0.3 is 10.1 Å². The molecule has 3 aromatic rings. The number of hydrogen-bond acceptors (Lipinski definition) is 7. The topological polar surface area (TPSA) is 119 Å². The second-order valence-electron chi connectivity index (χ2n) is 9.88. The maximum Gasteiger partial charge on any atom is 0.297 e. The monoisotopic (exact) mass is 586 g/mol. The Morgan fingerprint density at radius 1 is 1.07 bits per heavy atom. The van der Waals surface area contributed by atoms with E-state index in [0.29, 0.717) is 55.6 Å². The van der Waals surface area contributed by atoms with Crippen LogP contribution in [0.4, 0.5) is 0 Å². The number of aryl methyl sites for hydroxylation is 1. The normalized spacial score (nSPS) is 12.3. The van der Waals surface area contributed by atoms with Crippen LogP contribution in [-0.4, -0.2) is 41.6 Å². The van der Waals surface area contributed by atoms with Crippen molar-refractivity contribution in [3.8, 4) is 17.1 Å². The minimum absolute atomic E-state index is 0.0248. The summed E-state index contributed by atoms with van der Waals surface area (Å²) in [5.41, 5.74) is 3.82. The first-order chi connectivity index (χ1) is 19.0. The van der Waals surface area contributed by atoms with Gasteiger partial charge in [0.05, 0.1) is 41.2 Å². The highest BCUT2D eigenvalue weighted by Gasteiger charge is 2.22. The van der Waals surface area contributed by atoms with Gasteiger partial charge in [0.2, 0.25) is 11.8 Å². The summed E-state index contributed by atoms with van der Waals surface area (Å²) in [6, 6.07) is 14.5. The molecule has 0 aliphatic heterocycles. The van der Waals surface area contributed by atoms with Gasteiger partial charge in [-0.2, -0.15) is 17.6 Å². The minimum Gasteiger partial charge on any atom is -0.465 e. The van der Waals surface area contributed by atoms with Gasteiger partial charge in [0.1, 0.15) is 0 Å². The average molecular weight is 587 g/mol. The van der Waals surface area contributed by atoms with Crippen molar-refractivity contribution in [1.82, 2.24) is 19.6 Å². The zero-order chi connectivity index (χ0) is 29.4. The van der Waals surface area contributed by atoms with Crippen molar-refractivity contribution >= 4 is 34.5 Å². The number of sulfonamides is 1. The number of amides is 2. The zero-order valence-electron chi connectivity index (χ0n) is 23.6. The number of carbonyl (C=O) groups is 2. The lowest BCUT2D eigenvalue weighted by Gasteiger charge is -2.16. The zero-order valence-corrected chi connectivity index (χ0v) is 25.3. The van der Waals surface area contributed by atoms with Gasteiger partial charge >= 0.3 is 0 Å². The number of ether oxygens (including phenoxy) is 1. The van der Waals surface area contributed by atoms with Gasteiger partial charge in [0.25, 0.3) is 16.0 Å². The summed E-state index contributed by atoms with van der Waals surface area (Å²) in [4.78, 5) is 28.8. The second kappa shape index (κ2) is 13.8. The van der Waals surface area contributed by atoms with E-state index in [9.17, 15) is 18.0 Å². The fraction of sp³-hybridized carbons (Fsp3) is 0.414. The molecule has 40 heavy (non-hydrogen) atoms. The maximum atomic E-state index is 12.7. The highest BCUT2D eigenvalue weighted by molar-refractivity contribution is 7.90. The highest BCUT2D eigenvalue weighted by atomic mass is 32.2. The van der Waals surface area contributed by atoms with Crippen LogP contribution in [0.2, 0.25) is 0 Å². The van der Waals surface area contributed by atoms with Gasteiger partial charge in [-0.25, -0.2) is 13.1 Å². The molecule has 216 valence electrons. The SMILES string of the molecule is CCOc1nc(CC)c(CNC(=O)[C@@H](S)CC(C)C)n1Cc1ccc(-c2ccccc2S(=O)(=O)NC(C)=O)cc1. The van der Waals surface area contributed by atoms with E-state index in [0.717, 1.165) is 23.9 Å². The molecule has 0 spiro atoms. The van der Waals surface area contributed by atoms with Crippen molar-refractivity contribution in [2.24, 2.45) is 5.92 Å². The van der Waals surface area contributed by atoms with E-state index in [1.54, 1.807) is 18.2 Å². The predicted molar refractivity (Wildman–Crippen MR) is 159 cm³/mol. The number of rotatable bonds is 13. The number of hydrogen-bond donors (Lipinski definition) is 3. The first-order valence-electron chi connectivity index (χ1n) is 13.3. The predicted octanol–water partition coefficient (Wildman–Crippen LogP) is 4.35. The molecule has 0 fully saturated rings. The van der Waals surface area contributed by atoms with E-state index in [1.807, 2.05) is 47.4 Å². The van der Waals surface area contributed by atoms with Crippen LogP contribution in [0.5, 0.6) is 6.01 Å². The van der Waals surface area contributed by atoms with Crippen LogP contribution in [0.15, 0.2) is 53.4 Å². The second-order valence-corrected chi connectivity index (χ2v) is 12.2. The number of benzene rings is 2. The molecule has 2 aromatic carbocycles. The summed E-state index contributed by atoms with van der Waals surface area (Å²) in [6.07, 6.45) is 1.35. The Bertz CT molecular complexity index is 1430. The number of aromatic nitrogens is 2. The molecule has 3 rings (SSSR count). The van der Waals surface area contributed by atoms with Crippen LogP contribution in [0.3, 0.4) is 0 Å². The van der Waals surface area contributed by atoms with E-state index in [2.05, 4.69) is 36.8 Å². The summed E-state index contributed by atoms with van der Waals surface area (Å²) in [5, 5.41) is 2.62. The number of carbonyl (C=O) groups excluding carboxylic acids is 2. The van der Waals surface area contributed by atoms with E-state index < -0.39 is 21.2 Å². The lowest BCUT2D eigenvalue weighted by Crippen LogP contribution is -2.32. The summed E-state index contributed by atoms with van der Waals surface area (Å²) >= 11 is 4.47. The van der Waals surface area contributed by atoms with Crippen LogP contribution in [0, 0.1) is 5.92 Å². The van der Waals surface area contributed by atoms with E-state index in [4.69, 9.17) is 4.74 Å². The van der Waals surface area contributed by atoms with Crippen molar-refractivity contribution in [3.63, 3.8) is 0 Å². The number of imidazole rings is 1. The Hall–Kier alpha value is -3.31. The molecule has 0 saturated carbocycles. The average Bonchev–Trinajstić information content (AvgIpc) is 3.22. The van der Waals surface area contributed by atoms with E-state index in [-0.39, 0.29) is 10.8 Å². The first-order valence-corrected chi connectivity index (χ1v) is 15.3. The first kappa shape index (κ1) is 31.2. The third kappa shape index (κ3) is 7.88. The Morgan fingerprint density at radius 3 is 2.35 bits per heavy atom. The smallest absolute Gasteiger partial charge is 0.297 e. The fourth-order valence-corrected chi connectivity index (χ4v) is 6.13. The van der Waals surface area contributed by atoms with Gasteiger partial charge in [-0.1, -0.05) is 63.2 Å². The molecule has 9 nitrogen and oxygen atoms in total. The third-order valence-corrected chi connectivity index (χ3v) is 8.15. The quantitative estimate of drug-likeness (QED) is 0.256. The summed E-state index contributed by atoms with van der Waals surface area (Å²) < 4.78 is 35.3. The molecule has 0 saturated heterocycles. The summed E-state index contributed by atoms with van der Waals surface area (Å²) in [7, 11) is -4.01. The molecule has 0 unspecified atom stereocenters. The van der Waals surface area contributed by atoms with Gasteiger partial charge in [-0.3, -0.25) is 14.2 Å². The molecule has 1 heterocycles. The van der Waals surface area contributed by atoms with Crippen molar-refractivity contribution in [2.45, 2.75) is 70.7 Å². The lowest BCUT2D eigenvalue weighted by molar-refractivity contribution is -0.121. The van der Waals surface area contributed by atoms with Gasteiger partial charge in [-0.05, 0) is 42.9 Å². The Labute approximate surface area is 242 Å². The number of nitrogens with zero attached hydrogens (tertiary/aromatic N) is 2. The highest BCUT2D eigenvalue weighted by Crippen LogP contribution is 2.28. The molecule has 0 aliphatic rings. The third-order valence-electron chi connectivity index (χ3n) is 6.22. The molecule has 0 bridgehead atoms. The molecule has 1 atom stereocenters. The molecule has 0 radical (unpaired) electrons. The van der Waals surface area contributed by atoms with Gasteiger partial charge in [0.15, 0.2) is 0 Å². The Morgan fingerprint density at radius 2 is 1.75 bits per heavy atom. The van der Waals surface area contributed by atoms with Crippen LogP contribution < -0.4 is 14.8 Å². The maximum absolute atomic E-state index is 12.7. The minimum atomic E-state index is -4.01. The standard InChI is InChI=1S/C29H38N4O5S2/c1-6-24-25(17-30-28(35)26(39)16-19(3)4)33(29(31-24)38-7-2)18-21-12-14-22(15-13-21)23-10-8-9-11-27(23)40(36,37)32-20(5)34/h8-15,19,26,39H,6-7,16-18H2,1-5H3,(H,30,35)(H,32,34)/t26-/m0/s1. The summed E-state index contributed by atoms with van der Waals surface area (Å²) in [6.45, 7) is 10.4. The van der Waals surface area contributed by atoms with E-state index in [1.165, 1.54) is 6.07 Å².